The molecule has 124 valence electrons. The Balaban J connectivity index is 1.99. The van der Waals surface area contributed by atoms with Crippen molar-refractivity contribution in [2.45, 2.75) is 33.7 Å². The van der Waals surface area contributed by atoms with Crippen LogP contribution in [0.5, 0.6) is 5.75 Å². The minimum atomic E-state index is 0.0954. The van der Waals surface area contributed by atoms with Crippen molar-refractivity contribution in [3.05, 3.63) is 46.8 Å². The molecule has 1 amide bonds. The second kappa shape index (κ2) is 7.31. The van der Waals surface area contributed by atoms with Gasteiger partial charge in [-0.1, -0.05) is 12.1 Å². The molecule has 1 aromatic carbocycles. The molecular weight excluding hydrogens is 290 g/mol. The largest absolute Gasteiger partial charge is 0.494 e. The molecule has 0 aliphatic heterocycles. The number of carbonyl (C=O) groups excluding carboxylic acids is 1. The summed E-state index contributed by atoms with van der Waals surface area (Å²) in [5, 5.41) is 4.37. The summed E-state index contributed by atoms with van der Waals surface area (Å²) in [6.45, 7) is 7.14. The summed E-state index contributed by atoms with van der Waals surface area (Å²) in [4.78, 5) is 14.2. The Kier molecular flexibility index (Phi) is 5.42. The van der Waals surface area contributed by atoms with E-state index in [1.807, 2.05) is 63.8 Å². The van der Waals surface area contributed by atoms with E-state index in [4.69, 9.17) is 4.74 Å². The zero-order valence-electron chi connectivity index (χ0n) is 14.6. The maximum absolute atomic E-state index is 12.5. The van der Waals surface area contributed by atoms with Crippen molar-refractivity contribution >= 4 is 5.91 Å². The monoisotopic (exact) mass is 315 g/mol. The number of aryl methyl sites for hydroxylation is 2. The molecule has 5 heteroatoms. The molecule has 0 aliphatic rings. The maximum atomic E-state index is 12.5. The highest BCUT2D eigenvalue weighted by molar-refractivity contribution is 5.79. The average molecular weight is 315 g/mol. The number of rotatable bonds is 6. The summed E-state index contributed by atoms with van der Waals surface area (Å²) in [6.07, 6.45) is 0.388. The van der Waals surface area contributed by atoms with E-state index < -0.39 is 0 Å². The molecule has 0 saturated heterocycles. The minimum absolute atomic E-state index is 0.0954. The van der Waals surface area contributed by atoms with Crippen LogP contribution in [0.15, 0.2) is 24.3 Å². The van der Waals surface area contributed by atoms with Crippen LogP contribution in [0, 0.1) is 13.8 Å². The standard InChI is InChI=1S/C18H25N3O2/c1-6-23-16-9-7-15(8-10-16)12-20(4)18(22)11-17-13(2)19-21(5)14(17)3/h7-10H,6,11-12H2,1-5H3. The first-order valence-corrected chi connectivity index (χ1v) is 7.87. The second-order valence-corrected chi connectivity index (χ2v) is 5.78. The molecule has 0 atom stereocenters. The average Bonchev–Trinajstić information content (AvgIpc) is 2.76. The van der Waals surface area contributed by atoms with Gasteiger partial charge in [-0.2, -0.15) is 5.10 Å². The van der Waals surface area contributed by atoms with Crippen LogP contribution in [-0.4, -0.2) is 34.2 Å². The zero-order valence-corrected chi connectivity index (χ0v) is 14.6. The molecule has 5 nitrogen and oxygen atoms in total. The van der Waals surface area contributed by atoms with Crippen LogP contribution >= 0.6 is 0 Å². The third kappa shape index (κ3) is 4.12. The zero-order chi connectivity index (χ0) is 17.0. The van der Waals surface area contributed by atoms with Crippen molar-refractivity contribution in [1.29, 1.82) is 0 Å². The lowest BCUT2D eigenvalue weighted by molar-refractivity contribution is -0.129. The molecule has 0 radical (unpaired) electrons. The number of hydrogen-bond donors (Lipinski definition) is 0. The predicted octanol–water partition coefficient (Wildman–Crippen LogP) is 2.64. The fourth-order valence-corrected chi connectivity index (χ4v) is 2.58. The summed E-state index contributed by atoms with van der Waals surface area (Å²) in [5.74, 6) is 0.949. The van der Waals surface area contributed by atoms with Crippen molar-refractivity contribution in [1.82, 2.24) is 14.7 Å². The molecule has 2 aromatic rings. The van der Waals surface area contributed by atoms with Gasteiger partial charge in [-0.25, -0.2) is 0 Å². The molecule has 0 aliphatic carbocycles. The van der Waals surface area contributed by atoms with Gasteiger partial charge in [0.1, 0.15) is 5.75 Å². The number of nitrogens with zero attached hydrogens (tertiary/aromatic N) is 3. The van der Waals surface area contributed by atoms with E-state index >= 15 is 0 Å². The van der Waals surface area contributed by atoms with Gasteiger partial charge in [-0.15, -0.1) is 0 Å². The van der Waals surface area contributed by atoms with Crippen LogP contribution in [0.2, 0.25) is 0 Å². The number of hydrogen-bond acceptors (Lipinski definition) is 3. The quantitative estimate of drug-likeness (QED) is 0.823. The highest BCUT2D eigenvalue weighted by Crippen LogP contribution is 2.16. The number of ether oxygens (including phenoxy) is 1. The number of carbonyl (C=O) groups is 1. The molecule has 0 fully saturated rings. The van der Waals surface area contributed by atoms with Gasteiger partial charge in [0.15, 0.2) is 0 Å². The summed E-state index contributed by atoms with van der Waals surface area (Å²) in [6, 6.07) is 7.86. The fourth-order valence-electron chi connectivity index (χ4n) is 2.58. The molecule has 0 unspecified atom stereocenters. The van der Waals surface area contributed by atoms with Crippen LogP contribution in [0.25, 0.3) is 0 Å². The van der Waals surface area contributed by atoms with E-state index in [-0.39, 0.29) is 5.91 Å². The summed E-state index contributed by atoms with van der Waals surface area (Å²) < 4.78 is 7.25. The highest BCUT2D eigenvalue weighted by atomic mass is 16.5. The lowest BCUT2D eigenvalue weighted by Gasteiger charge is -2.18. The molecule has 0 saturated carbocycles. The van der Waals surface area contributed by atoms with Gasteiger partial charge >= 0.3 is 0 Å². The molecule has 0 bridgehead atoms. The first kappa shape index (κ1) is 17.1. The van der Waals surface area contributed by atoms with Crippen LogP contribution in [0.3, 0.4) is 0 Å². The van der Waals surface area contributed by atoms with E-state index in [0.717, 1.165) is 28.3 Å². The lowest BCUT2D eigenvalue weighted by Crippen LogP contribution is -2.28. The summed E-state index contributed by atoms with van der Waals surface area (Å²) >= 11 is 0. The fraction of sp³-hybridized carbons (Fsp3) is 0.444. The van der Waals surface area contributed by atoms with Gasteiger partial charge < -0.3 is 9.64 Å². The Morgan fingerprint density at radius 1 is 1.26 bits per heavy atom. The van der Waals surface area contributed by atoms with Gasteiger partial charge in [-0.05, 0) is 38.5 Å². The van der Waals surface area contributed by atoms with Crippen LogP contribution < -0.4 is 4.74 Å². The molecule has 1 aromatic heterocycles. The smallest absolute Gasteiger partial charge is 0.227 e. The van der Waals surface area contributed by atoms with Crippen LogP contribution in [-0.2, 0) is 24.8 Å². The van der Waals surface area contributed by atoms with Crippen LogP contribution in [0.1, 0.15) is 29.4 Å². The summed E-state index contributed by atoms with van der Waals surface area (Å²) in [7, 11) is 3.74. The Hall–Kier alpha value is -2.30. The van der Waals surface area contributed by atoms with Gasteiger partial charge in [0.25, 0.3) is 0 Å². The molecule has 0 N–H and O–H groups in total. The Labute approximate surface area is 137 Å². The highest BCUT2D eigenvalue weighted by Gasteiger charge is 2.16. The van der Waals surface area contributed by atoms with Gasteiger partial charge in [-0.3, -0.25) is 9.48 Å². The second-order valence-electron chi connectivity index (χ2n) is 5.78. The summed E-state index contributed by atoms with van der Waals surface area (Å²) in [5.41, 5.74) is 4.08. The maximum Gasteiger partial charge on any atom is 0.227 e. The van der Waals surface area contributed by atoms with Gasteiger partial charge in [0, 0.05) is 31.9 Å². The number of benzene rings is 1. The minimum Gasteiger partial charge on any atom is -0.494 e. The van der Waals surface area contributed by atoms with E-state index in [2.05, 4.69) is 5.10 Å². The topological polar surface area (TPSA) is 47.4 Å². The van der Waals surface area contributed by atoms with Crippen molar-refractivity contribution in [3.8, 4) is 5.75 Å². The molecule has 2 rings (SSSR count). The molecule has 23 heavy (non-hydrogen) atoms. The molecular formula is C18H25N3O2. The first-order chi connectivity index (χ1) is 10.9. The van der Waals surface area contributed by atoms with E-state index in [1.165, 1.54) is 0 Å². The van der Waals surface area contributed by atoms with Crippen molar-refractivity contribution < 1.29 is 9.53 Å². The van der Waals surface area contributed by atoms with Gasteiger partial charge in [0.05, 0.1) is 18.7 Å². The SMILES string of the molecule is CCOc1ccc(CN(C)C(=O)Cc2c(C)nn(C)c2C)cc1. The van der Waals surface area contributed by atoms with Crippen molar-refractivity contribution in [2.24, 2.45) is 7.05 Å². The third-order valence-corrected chi connectivity index (χ3v) is 4.07. The Morgan fingerprint density at radius 3 is 2.43 bits per heavy atom. The Bertz CT molecular complexity index is 674. The first-order valence-electron chi connectivity index (χ1n) is 7.87. The van der Waals surface area contributed by atoms with Gasteiger partial charge in [0.2, 0.25) is 5.91 Å². The number of aromatic nitrogens is 2. The third-order valence-electron chi connectivity index (χ3n) is 4.07. The van der Waals surface area contributed by atoms with E-state index in [1.54, 1.807) is 4.90 Å². The normalized spacial score (nSPS) is 10.7. The Morgan fingerprint density at radius 2 is 1.91 bits per heavy atom. The van der Waals surface area contributed by atoms with E-state index in [9.17, 15) is 4.79 Å². The lowest BCUT2D eigenvalue weighted by atomic mass is 10.1. The number of amides is 1. The van der Waals surface area contributed by atoms with Crippen molar-refractivity contribution in [3.63, 3.8) is 0 Å². The molecule has 0 spiro atoms. The van der Waals surface area contributed by atoms with Crippen molar-refractivity contribution in [2.75, 3.05) is 13.7 Å². The predicted molar refractivity (Wildman–Crippen MR) is 90.5 cm³/mol. The number of likely N-dealkylation sites (N-methyl/N-ethyl adjacent to an activating group) is 1. The van der Waals surface area contributed by atoms with Crippen LogP contribution in [0.4, 0.5) is 0 Å². The molecule has 1 heterocycles. The van der Waals surface area contributed by atoms with E-state index in [0.29, 0.717) is 19.6 Å².